The van der Waals surface area contributed by atoms with Gasteiger partial charge in [0.25, 0.3) is 0 Å². The van der Waals surface area contributed by atoms with E-state index < -0.39 is 0 Å². The summed E-state index contributed by atoms with van der Waals surface area (Å²) < 4.78 is 15.6. The van der Waals surface area contributed by atoms with E-state index in [2.05, 4.69) is 25.2 Å². The molecule has 0 spiro atoms. The quantitative estimate of drug-likeness (QED) is 0.719. The lowest BCUT2D eigenvalue weighted by atomic mass is 10.2. The molecule has 156 valence electrons. The van der Waals surface area contributed by atoms with Gasteiger partial charge >= 0.3 is 6.03 Å². The summed E-state index contributed by atoms with van der Waals surface area (Å²) in [5.74, 6) is 1.24. The number of rotatable bonds is 3. The molecule has 1 N–H and O–H groups in total. The highest BCUT2D eigenvalue weighted by molar-refractivity contribution is 5.89. The minimum Gasteiger partial charge on any atom is -0.353 e. The molecule has 2 amide bonds. The lowest BCUT2D eigenvalue weighted by Crippen LogP contribution is -2.50. The summed E-state index contributed by atoms with van der Waals surface area (Å²) in [4.78, 5) is 29.5. The topological polar surface area (TPSA) is 79.2 Å². The zero-order chi connectivity index (χ0) is 21.3. The number of anilines is 2. The smallest absolute Gasteiger partial charge is 0.321 e. The van der Waals surface area contributed by atoms with E-state index in [9.17, 15) is 9.18 Å². The lowest BCUT2D eigenvalue weighted by molar-refractivity contribution is 0.208. The molecule has 0 radical (unpaired) electrons. The van der Waals surface area contributed by atoms with Crippen LogP contribution in [0.15, 0.2) is 36.9 Å². The minimum absolute atomic E-state index is 0.231. The number of piperazine rings is 1. The minimum atomic E-state index is -0.333. The van der Waals surface area contributed by atoms with Crippen LogP contribution in [0.2, 0.25) is 0 Å². The van der Waals surface area contributed by atoms with Gasteiger partial charge in [0, 0.05) is 43.6 Å². The summed E-state index contributed by atoms with van der Waals surface area (Å²) >= 11 is 0. The number of carbonyl (C=O) groups excluding carboxylic acids is 1. The van der Waals surface area contributed by atoms with E-state index in [4.69, 9.17) is 0 Å². The molecule has 0 bridgehead atoms. The zero-order valence-electron chi connectivity index (χ0n) is 17.3. The summed E-state index contributed by atoms with van der Waals surface area (Å²) in [5.41, 5.74) is 3.00. The van der Waals surface area contributed by atoms with Crippen LogP contribution in [-0.2, 0) is 0 Å². The maximum Gasteiger partial charge on any atom is 0.321 e. The Morgan fingerprint density at radius 3 is 2.40 bits per heavy atom. The monoisotopic (exact) mass is 409 g/mol. The highest BCUT2D eigenvalue weighted by Gasteiger charge is 2.22. The van der Waals surface area contributed by atoms with E-state index in [1.807, 2.05) is 24.5 Å². The molecule has 9 heteroatoms. The normalized spacial score (nSPS) is 14.1. The second-order valence-electron chi connectivity index (χ2n) is 7.39. The average molecular weight is 409 g/mol. The van der Waals surface area contributed by atoms with Crippen LogP contribution in [0.3, 0.4) is 0 Å². The second-order valence-corrected chi connectivity index (χ2v) is 7.39. The molecule has 30 heavy (non-hydrogen) atoms. The fourth-order valence-electron chi connectivity index (χ4n) is 3.38. The Morgan fingerprint density at radius 2 is 1.73 bits per heavy atom. The maximum absolute atomic E-state index is 13.7. The molecule has 3 heterocycles. The maximum atomic E-state index is 13.7. The van der Waals surface area contributed by atoms with Gasteiger partial charge in [-0.15, -0.1) is 0 Å². The SMILES string of the molecule is Cc1ccc(NC(=O)N2CCN(c3cc(-n4cnc(C)c4C)ncn3)CC2)cc1F. The molecular weight excluding hydrogens is 385 g/mol. The molecule has 1 saturated heterocycles. The standard InChI is InChI=1S/C21H24FN7O/c1-14-4-5-17(10-18(14)22)26-21(30)28-8-6-27(7-9-28)19-11-20(24-12-23-19)29-13-25-15(2)16(29)3/h4-5,10-13H,6-9H2,1-3H3,(H,26,30). The molecule has 3 aromatic rings. The average Bonchev–Trinajstić information content (AvgIpc) is 3.09. The lowest BCUT2D eigenvalue weighted by Gasteiger charge is -2.35. The molecule has 1 aromatic carbocycles. The van der Waals surface area contributed by atoms with Gasteiger partial charge in [-0.2, -0.15) is 0 Å². The van der Waals surface area contributed by atoms with Gasteiger partial charge in [0.1, 0.15) is 30.1 Å². The summed E-state index contributed by atoms with van der Waals surface area (Å²) in [5, 5.41) is 2.77. The number of aromatic nitrogens is 4. The van der Waals surface area contributed by atoms with Crippen LogP contribution in [0.5, 0.6) is 0 Å². The third-order valence-electron chi connectivity index (χ3n) is 5.45. The number of imidazole rings is 1. The molecular formula is C21H24FN7O. The number of hydrogen-bond donors (Lipinski definition) is 1. The Kier molecular flexibility index (Phi) is 5.35. The van der Waals surface area contributed by atoms with Crippen molar-refractivity contribution >= 4 is 17.5 Å². The van der Waals surface area contributed by atoms with Gasteiger partial charge in [-0.05, 0) is 38.5 Å². The van der Waals surface area contributed by atoms with Crippen LogP contribution >= 0.6 is 0 Å². The van der Waals surface area contributed by atoms with Crippen molar-refractivity contribution in [3.63, 3.8) is 0 Å². The van der Waals surface area contributed by atoms with Crippen LogP contribution in [0.25, 0.3) is 5.82 Å². The molecule has 4 rings (SSSR count). The van der Waals surface area contributed by atoms with Gasteiger partial charge in [-0.1, -0.05) is 6.07 Å². The van der Waals surface area contributed by atoms with Crippen molar-refractivity contribution in [3.8, 4) is 5.82 Å². The van der Waals surface area contributed by atoms with Crippen molar-refractivity contribution in [1.29, 1.82) is 0 Å². The number of hydrogen-bond acceptors (Lipinski definition) is 5. The predicted molar refractivity (Wildman–Crippen MR) is 113 cm³/mol. The van der Waals surface area contributed by atoms with Gasteiger partial charge < -0.3 is 15.1 Å². The molecule has 8 nitrogen and oxygen atoms in total. The van der Waals surface area contributed by atoms with Crippen molar-refractivity contribution in [1.82, 2.24) is 24.4 Å². The number of nitrogens with zero attached hydrogens (tertiary/aromatic N) is 6. The molecule has 1 aliphatic rings. The van der Waals surface area contributed by atoms with E-state index >= 15 is 0 Å². The highest BCUT2D eigenvalue weighted by Crippen LogP contribution is 2.19. The fourth-order valence-corrected chi connectivity index (χ4v) is 3.38. The number of halogens is 1. The van der Waals surface area contributed by atoms with Crippen molar-refractivity contribution in [2.24, 2.45) is 0 Å². The van der Waals surface area contributed by atoms with Gasteiger partial charge in [-0.3, -0.25) is 4.57 Å². The zero-order valence-corrected chi connectivity index (χ0v) is 17.3. The van der Waals surface area contributed by atoms with E-state index in [1.165, 1.54) is 6.07 Å². The number of amides is 2. The third-order valence-corrected chi connectivity index (χ3v) is 5.45. The van der Waals surface area contributed by atoms with Crippen LogP contribution in [0.4, 0.5) is 20.7 Å². The first kappa shape index (κ1) is 19.8. The summed E-state index contributed by atoms with van der Waals surface area (Å²) in [6, 6.07) is 6.39. The van der Waals surface area contributed by atoms with Crippen LogP contribution in [0, 0.1) is 26.6 Å². The first-order valence-electron chi connectivity index (χ1n) is 9.82. The largest absolute Gasteiger partial charge is 0.353 e. The van der Waals surface area contributed by atoms with Crippen LogP contribution in [0.1, 0.15) is 17.0 Å². The third kappa shape index (κ3) is 3.96. The van der Waals surface area contributed by atoms with Crippen molar-refractivity contribution in [2.75, 3.05) is 36.4 Å². The molecule has 0 aliphatic carbocycles. The number of nitrogens with one attached hydrogen (secondary N) is 1. The molecule has 2 aromatic heterocycles. The van der Waals surface area contributed by atoms with Gasteiger partial charge in [0.15, 0.2) is 0 Å². The van der Waals surface area contributed by atoms with E-state index in [-0.39, 0.29) is 11.8 Å². The van der Waals surface area contributed by atoms with Crippen molar-refractivity contribution in [2.45, 2.75) is 20.8 Å². The molecule has 0 unspecified atom stereocenters. The highest BCUT2D eigenvalue weighted by atomic mass is 19.1. The van der Waals surface area contributed by atoms with E-state index in [0.29, 0.717) is 37.4 Å². The Hall–Kier alpha value is -3.49. The first-order chi connectivity index (χ1) is 14.4. The van der Waals surface area contributed by atoms with E-state index in [1.54, 1.807) is 36.6 Å². The van der Waals surface area contributed by atoms with Crippen molar-refractivity contribution < 1.29 is 9.18 Å². The fraction of sp³-hybridized carbons (Fsp3) is 0.333. The van der Waals surface area contributed by atoms with Gasteiger partial charge in [0.05, 0.1) is 5.69 Å². The summed E-state index contributed by atoms with van der Waals surface area (Å²) in [6.45, 7) is 8.03. The molecule has 1 aliphatic heterocycles. The molecule has 0 saturated carbocycles. The number of carbonyl (C=O) groups is 1. The Bertz CT molecular complexity index is 1070. The van der Waals surface area contributed by atoms with Gasteiger partial charge in [0.2, 0.25) is 0 Å². The Balaban J connectivity index is 1.39. The summed E-state index contributed by atoms with van der Waals surface area (Å²) in [7, 11) is 0. The van der Waals surface area contributed by atoms with Crippen LogP contribution in [-0.4, -0.2) is 56.6 Å². The Morgan fingerprint density at radius 1 is 1.00 bits per heavy atom. The van der Waals surface area contributed by atoms with E-state index in [0.717, 1.165) is 23.0 Å². The number of urea groups is 1. The van der Waals surface area contributed by atoms with Gasteiger partial charge in [-0.25, -0.2) is 24.1 Å². The Labute approximate surface area is 174 Å². The number of benzene rings is 1. The van der Waals surface area contributed by atoms with Crippen molar-refractivity contribution in [3.05, 3.63) is 59.7 Å². The number of aryl methyl sites for hydroxylation is 2. The second kappa shape index (κ2) is 8.10. The first-order valence-corrected chi connectivity index (χ1v) is 9.82. The molecule has 1 fully saturated rings. The predicted octanol–water partition coefficient (Wildman–Crippen LogP) is 3.08. The van der Waals surface area contributed by atoms with Crippen LogP contribution < -0.4 is 10.2 Å². The molecule has 0 atom stereocenters. The summed E-state index contributed by atoms with van der Waals surface area (Å²) in [6.07, 6.45) is 3.30.